The number of nitrogens with zero attached hydrogens (tertiary/aromatic N) is 3. The fourth-order valence-corrected chi connectivity index (χ4v) is 3.86. The van der Waals surface area contributed by atoms with Crippen LogP contribution in [0.25, 0.3) is 0 Å². The number of anilines is 1. The van der Waals surface area contributed by atoms with Crippen LogP contribution in [0.5, 0.6) is 0 Å². The summed E-state index contributed by atoms with van der Waals surface area (Å²) in [6, 6.07) is 17.3. The normalized spacial score (nSPS) is 16.9. The Hall–Kier alpha value is -2.34. The van der Waals surface area contributed by atoms with E-state index in [9.17, 15) is 4.79 Å². The maximum atomic E-state index is 12.7. The van der Waals surface area contributed by atoms with E-state index >= 15 is 0 Å². The molecule has 2 aromatic carbocycles. The molecule has 4 rings (SSSR count). The van der Waals surface area contributed by atoms with Crippen molar-refractivity contribution < 1.29 is 4.74 Å². The molecule has 1 aromatic heterocycles. The summed E-state index contributed by atoms with van der Waals surface area (Å²) < 4.78 is 7.28. The third kappa shape index (κ3) is 3.92. The molecule has 5 nitrogen and oxygen atoms in total. The summed E-state index contributed by atoms with van der Waals surface area (Å²) in [5.74, 6) is 0. The lowest BCUT2D eigenvalue weighted by molar-refractivity contribution is 0.0398. The molecule has 144 valence electrons. The van der Waals surface area contributed by atoms with Gasteiger partial charge in [0.15, 0.2) is 0 Å². The van der Waals surface area contributed by atoms with Gasteiger partial charge >= 0.3 is 0 Å². The van der Waals surface area contributed by atoms with E-state index in [1.54, 1.807) is 6.20 Å². The Morgan fingerprint density at radius 1 is 1.07 bits per heavy atom. The summed E-state index contributed by atoms with van der Waals surface area (Å²) in [6.07, 6.45) is 1.46. The summed E-state index contributed by atoms with van der Waals surface area (Å²) in [4.78, 5) is 14.8. The molecule has 1 aliphatic rings. The second-order valence-electron chi connectivity index (χ2n) is 6.62. The summed E-state index contributed by atoms with van der Waals surface area (Å²) in [5.41, 5.74) is 2.24. The van der Waals surface area contributed by atoms with Gasteiger partial charge < -0.3 is 9.64 Å². The molecule has 2 heterocycles. The number of benzene rings is 2. The van der Waals surface area contributed by atoms with Crippen molar-refractivity contribution in [1.29, 1.82) is 0 Å². The molecule has 1 aliphatic heterocycles. The van der Waals surface area contributed by atoms with E-state index in [4.69, 9.17) is 27.9 Å². The summed E-state index contributed by atoms with van der Waals surface area (Å²) in [5, 5.41) is 5.17. The first-order valence-electron chi connectivity index (χ1n) is 9.04. The van der Waals surface area contributed by atoms with Crippen molar-refractivity contribution in [2.75, 3.05) is 24.6 Å². The van der Waals surface area contributed by atoms with Crippen LogP contribution in [0.3, 0.4) is 0 Å². The molecule has 0 N–H and O–H groups in total. The molecule has 1 atom stereocenters. The third-order valence-corrected chi connectivity index (χ3v) is 5.50. The number of ether oxygens (including phenoxy) is 1. The lowest BCUT2D eigenvalue weighted by Gasteiger charge is -2.35. The number of hydrogen-bond acceptors (Lipinski definition) is 4. The Balaban J connectivity index is 1.58. The van der Waals surface area contributed by atoms with Crippen LogP contribution in [0, 0.1) is 0 Å². The van der Waals surface area contributed by atoms with E-state index in [1.165, 1.54) is 4.68 Å². The van der Waals surface area contributed by atoms with Crippen molar-refractivity contribution in [2.45, 2.75) is 12.6 Å². The molecule has 1 fully saturated rings. The Morgan fingerprint density at radius 2 is 1.82 bits per heavy atom. The van der Waals surface area contributed by atoms with Crippen LogP contribution in [-0.2, 0) is 11.3 Å². The zero-order valence-electron chi connectivity index (χ0n) is 15.1. The van der Waals surface area contributed by atoms with Gasteiger partial charge in [0.1, 0.15) is 11.1 Å². The largest absolute Gasteiger partial charge is 0.370 e. The second-order valence-corrected chi connectivity index (χ2v) is 7.40. The molecule has 1 unspecified atom stereocenters. The zero-order valence-corrected chi connectivity index (χ0v) is 16.6. The van der Waals surface area contributed by atoms with Crippen LogP contribution in [0.4, 0.5) is 5.69 Å². The van der Waals surface area contributed by atoms with Crippen LogP contribution in [0.15, 0.2) is 65.6 Å². The minimum atomic E-state index is -0.302. The summed E-state index contributed by atoms with van der Waals surface area (Å²) >= 11 is 12.8. The number of morpholine rings is 1. The highest BCUT2D eigenvalue weighted by Crippen LogP contribution is 2.31. The minimum absolute atomic E-state index is 0.172. The van der Waals surface area contributed by atoms with E-state index < -0.39 is 0 Å². The zero-order chi connectivity index (χ0) is 19.5. The summed E-state index contributed by atoms with van der Waals surface area (Å²) in [6.45, 7) is 2.07. The minimum Gasteiger partial charge on any atom is -0.370 e. The molecule has 0 spiro atoms. The smallest absolute Gasteiger partial charge is 0.287 e. The molecule has 0 saturated carbocycles. The number of aromatic nitrogens is 2. The molecule has 3 aromatic rings. The fourth-order valence-electron chi connectivity index (χ4n) is 3.34. The van der Waals surface area contributed by atoms with Crippen LogP contribution < -0.4 is 10.5 Å². The van der Waals surface area contributed by atoms with Gasteiger partial charge in [-0.1, -0.05) is 71.7 Å². The Morgan fingerprint density at radius 3 is 2.61 bits per heavy atom. The first-order valence-corrected chi connectivity index (χ1v) is 9.79. The van der Waals surface area contributed by atoms with Crippen molar-refractivity contribution in [3.63, 3.8) is 0 Å². The van der Waals surface area contributed by atoms with Crippen molar-refractivity contribution >= 4 is 28.9 Å². The lowest BCUT2D eigenvalue weighted by Crippen LogP contribution is -2.40. The van der Waals surface area contributed by atoms with E-state index in [2.05, 4.69) is 5.10 Å². The van der Waals surface area contributed by atoms with Gasteiger partial charge in [-0.05, 0) is 11.6 Å². The van der Waals surface area contributed by atoms with Crippen molar-refractivity contribution in [2.24, 2.45) is 0 Å². The van der Waals surface area contributed by atoms with Crippen LogP contribution >= 0.6 is 23.2 Å². The lowest BCUT2D eigenvalue weighted by atomic mass is 10.1. The fraction of sp³-hybridized carbons (Fsp3) is 0.238. The molecule has 28 heavy (non-hydrogen) atoms. The SMILES string of the molecule is O=c1c(Cl)c(N2CCOC(c3ccccc3Cl)C2)cnn1Cc1ccccc1. The highest BCUT2D eigenvalue weighted by atomic mass is 35.5. The van der Waals surface area contributed by atoms with Gasteiger partial charge in [0.25, 0.3) is 5.56 Å². The van der Waals surface area contributed by atoms with Gasteiger partial charge in [0.2, 0.25) is 0 Å². The molecule has 7 heteroatoms. The Kier molecular flexibility index (Phi) is 5.67. The predicted octanol–water partition coefficient (Wildman–Crippen LogP) is 4.18. The molecular formula is C21H19Cl2N3O2. The van der Waals surface area contributed by atoms with E-state index in [1.807, 2.05) is 59.5 Å². The Labute approximate surface area is 173 Å². The number of rotatable bonds is 4. The van der Waals surface area contributed by atoms with Gasteiger partial charge in [-0.2, -0.15) is 5.10 Å². The van der Waals surface area contributed by atoms with Crippen LogP contribution in [0.1, 0.15) is 17.2 Å². The highest BCUT2D eigenvalue weighted by Gasteiger charge is 2.26. The second kappa shape index (κ2) is 8.35. The number of hydrogen-bond donors (Lipinski definition) is 0. The summed E-state index contributed by atoms with van der Waals surface area (Å²) in [7, 11) is 0. The first-order chi connectivity index (χ1) is 13.6. The monoisotopic (exact) mass is 415 g/mol. The van der Waals surface area contributed by atoms with E-state index in [0.29, 0.717) is 37.0 Å². The van der Waals surface area contributed by atoms with Crippen molar-refractivity contribution in [1.82, 2.24) is 9.78 Å². The average molecular weight is 416 g/mol. The maximum absolute atomic E-state index is 12.7. The molecular weight excluding hydrogens is 397 g/mol. The average Bonchev–Trinajstić information content (AvgIpc) is 2.73. The first kappa shape index (κ1) is 19.0. The molecule has 0 bridgehead atoms. The topological polar surface area (TPSA) is 47.4 Å². The standard InChI is InChI=1S/C21H19Cl2N3O2/c22-17-9-5-4-8-16(17)19-14-25(10-11-28-19)18-12-24-26(21(27)20(18)23)13-15-6-2-1-3-7-15/h1-9,12,19H,10-11,13-14H2. The van der Waals surface area contributed by atoms with Gasteiger partial charge in [0, 0.05) is 23.7 Å². The van der Waals surface area contributed by atoms with Crippen LogP contribution in [-0.4, -0.2) is 29.5 Å². The van der Waals surface area contributed by atoms with E-state index in [0.717, 1.165) is 11.1 Å². The van der Waals surface area contributed by atoms with Gasteiger partial charge in [-0.3, -0.25) is 4.79 Å². The Bertz CT molecular complexity index is 1020. The molecule has 1 saturated heterocycles. The van der Waals surface area contributed by atoms with E-state index in [-0.39, 0.29) is 16.7 Å². The van der Waals surface area contributed by atoms with Gasteiger partial charge in [-0.15, -0.1) is 0 Å². The van der Waals surface area contributed by atoms with Crippen molar-refractivity contribution in [3.8, 4) is 0 Å². The van der Waals surface area contributed by atoms with Gasteiger partial charge in [-0.25, -0.2) is 4.68 Å². The molecule has 0 amide bonds. The maximum Gasteiger partial charge on any atom is 0.287 e. The predicted molar refractivity (Wildman–Crippen MR) is 111 cm³/mol. The third-order valence-electron chi connectivity index (χ3n) is 4.80. The molecule has 0 aliphatic carbocycles. The highest BCUT2D eigenvalue weighted by molar-refractivity contribution is 6.33. The number of halogens is 2. The molecule has 0 radical (unpaired) electrons. The quantitative estimate of drug-likeness (QED) is 0.641. The van der Waals surface area contributed by atoms with Crippen LogP contribution in [0.2, 0.25) is 10.0 Å². The van der Waals surface area contributed by atoms with Crippen molar-refractivity contribution in [3.05, 3.63) is 92.3 Å². The van der Waals surface area contributed by atoms with Gasteiger partial charge in [0.05, 0.1) is 25.0 Å².